The molecule has 0 spiro atoms. The fourth-order valence-corrected chi connectivity index (χ4v) is 3.10. The summed E-state index contributed by atoms with van der Waals surface area (Å²) in [6.45, 7) is 5.30. The predicted molar refractivity (Wildman–Crippen MR) is 88.2 cm³/mol. The van der Waals surface area contributed by atoms with Crippen LogP contribution in [0.15, 0.2) is 24.3 Å². The van der Waals surface area contributed by atoms with E-state index in [0.29, 0.717) is 43.2 Å². The number of carbonyl (C=O) groups excluding carboxylic acids is 1. The Morgan fingerprint density at radius 2 is 1.96 bits per heavy atom. The summed E-state index contributed by atoms with van der Waals surface area (Å²) in [6.07, 6.45) is 1.82. The van der Waals surface area contributed by atoms with Crippen molar-refractivity contribution in [3.05, 3.63) is 41.2 Å². The first kappa shape index (κ1) is 16.6. The molecule has 7 nitrogen and oxygen atoms in total. The number of benzene rings is 1. The van der Waals surface area contributed by atoms with Crippen LogP contribution < -0.4 is 0 Å². The maximum atomic E-state index is 12.6. The number of carbonyl (C=O) groups is 1. The SMILES string of the molecule is CC(C)Cc1ccc(C(=O)N2CCC(O)(c3nn[nH]n3)CC2)cc1. The summed E-state index contributed by atoms with van der Waals surface area (Å²) in [5.74, 6) is 0.894. The molecule has 2 N–H and O–H groups in total. The third kappa shape index (κ3) is 3.46. The number of hydrogen-bond donors (Lipinski definition) is 2. The van der Waals surface area contributed by atoms with Crippen LogP contribution in [-0.4, -0.2) is 49.6 Å². The Balaban J connectivity index is 1.63. The van der Waals surface area contributed by atoms with E-state index in [2.05, 4.69) is 34.5 Å². The molecule has 1 aliphatic rings. The fourth-order valence-electron chi connectivity index (χ4n) is 3.10. The second kappa shape index (κ2) is 6.68. The van der Waals surface area contributed by atoms with Crippen molar-refractivity contribution < 1.29 is 9.90 Å². The van der Waals surface area contributed by atoms with Gasteiger partial charge in [0.1, 0.15) is 5.60 Å². The van der Waals surface area contributed by atoms with Gasteiger partial charge in [-0.3, -0.25) is 4.79 Å². The molecular formula is C17H23N5O2. The van der Waals surface area contributed by atoms with Gasteiger partial charge in [-0.1, -0.05) is 31.2 Å². The maximum Gasteiger partial charge on any atom is 0.253 e. The molecule has 0 bridgehead atoms. The van der Waals surface area contributed by atoms with E-state index < -0.39 is 5.60 Å². The monoisotopic (exact) mass is 329 g/mol. The Morgan fingerprint density at radius 3 is 2.50 bits per heavy atom. The van der Waals surface area contributed by atoms with Crippen molar-refractivity contribution in [2.75, 3.05) is 13.1 Å². The number of piperidine rings is 1. The smallest absolute Gasteiger partial charge is 0.253 e. The van der Waals surface area contributed by atoms with Crippen LogP contribution in [0.1, 0.15) is 48.4 Å². The summed E-state index contributed by atoms with van der Waals surface area (Å²) in [7, 11) is 0. The quantitative estimate of drug-likeness (QED) is 0.887. The predicted octanol–water partition coefficient (Wildman–Crippen LogP) is 1.52. The molecular weight excluding hydrogens is 306 g/mol. The Labute approximate surface area is 141 Å². The number of nitrogens with one attached hydrogen (secondary N) is 1. The van der Waals surface area contributed by atoms with Crippen LogP contribution in [0.4, 0.5) is 0 Å². The summed E-state index contributed by atoms with van der Waals surface area (Å²) in [5, 5.41) is 24.2. The Morgan fingerprint density at radius 1 is 1.29 bits per heavy atom. The lowest BCUT2D eigenvalue weighted by Crippen LogP contribution is -2.45. The molecule has 0 radical (unpaired) electrons. The van der Waals surface area contributed by atoms with Crippen LogP contribution in [-0.2, 0) is 12.0 Å². The molecule has 0 aliphatic carbocycles. The summed E-state index contributed by atoms with van der Waals surface area (Å²) in [4.78, 5) is 14.4. The maximum absolute atomic E-state index is 12.6. The number of amides is 1. The Kier molecular flexibility index (Phi) is 4.62. The van der Waals surface area contributed by atoms with Crippen LogP contribution in [0.2, 0.25) is 0 Å². The third-order valence-electron chi connectivity index (χ3n) is 4.48. The Hall–Kier alpha value is -2.28. The molecule has 1 aromatic heterocycles. The van der Waals surface area contributed by atoms with E-state index in [1.165, 1.54) is 5.56 Å². The van der Waals surface area contributed by atoms with Gasteiger partial charge in [0.15, 0.2) is 0 Å². The van der Waals surface area contributed by atoms with Crippen LogP contribution in [0.5, 0.6) is 0 Å². The normalized spacial score (nSPS) is 17.2. The number of tetrazole rings is 1. The fraction of sp³-hybridized carbons (Fsp3) is 0.529. The van der Waals surface area contributed by atoms with E-state index in [-0.39, 0.29) is 5.91 Å². The highest BCUT2D eigenvalue weighted by atomic mass is 16.3. The average molecular weight is 329 g/mol. The molecule has 128 valence electrons. The topological polar surface area (TPSA) is 95.0 Å². The lowest BCUT2D eigenvalue weighted by molar-refractivity contribution is -0.0279. The summed E-state index contributed by atoms with van der Waals surface area (Å²) >= 11 is 0. The van der Waals surface area contributed by atoms with Crippen LogP contribution in [0, 0.1) is 5.92 Å². The standard InChI is InChI=1S/C17H23N5O2/c1-12(2)11-13-3-5-14(6-4-13)15(23)22-9-7-17(24,8-10-22)16-18-20-21-19-16/h3-6,12,24H,7-11H2,1-2H3,(H,18,19,20,21). The molecule has 2 heterocycles. The molecule has 0 saturated carbocycles. The lowest BCUT2D eigenvalue weighted by atomic mass is 9.90. The zero-order valence-corrected chi connectivity index (χ0v) is 14.1. The van der Waals surface area contributed by atoms with Crippen molar-refractivity contribution in [1.82, 2.24) is 25.5 Å². The van der Waals surface area contributed by atoms with Crippen molar-refractivity contribution in [3.8, 4) is 0 Å². The van der Waals surface area contributed by atoms with Crippen molar-refractivity contribution in [2.45, 2.75) is 38.7 Å². The second-order valence-corrected chi connectivity index (χ2v) is 6.85. The first-order valence-corrected chi connectivity index (χ1v) is 8.32. The first-order valence-electron chi connectivity index (χ1n) is 8.32. The molecule has 7 heteroatoms. The lowest BCUT2D eigenvalue weighted by Gasteiger charge is -2.36. The molecule has 0 atom stereocenters. The first-order chi connectivity index (χ1) is 11.5. The minimum Gasteiger partial charge on any atom is -0.382 e. The van der Waals surface area contributed by atoms with Gasteiger partial charge in [0.2, 0.25) is 5.82 Å². The molecule has 1 amide bonds. The van der Waals surface area contributed by atoms with Crippen molar-refractivity contribution in [2.24, 2.45) is 5.92 Å². The summed E-state index contributed by atoms with van der Waals surface area (Å²) < 4.78 is 0. The molecule has 1 saturated heterocycles. The minimum atomic E-state index is -1.11. The van der Waals surface area contributed by atoms with Crippen molar-refractivity contribution in [1.29, 1.82) is 0 Å². The highest BCUT2D eigenvalue weighted by molar-refractivity contribution is 5.94. The number of hydrogen-bond acceptors (Lipinski definition) is 5. The van der Waals surface area contributed by atoms with Gasteiger partial charge in [-0.15, -0.1) is 10.2 Å². The number of aliphatic hydroxyl groups is 1. The molecule has 1 aliphatic heterocycles. The second-order valence-electron chi connectivity index (χ2n) is 6.85. The molecule has 1 fully saturated rings. The van der Waals surface area contributed by atoms with E-state index in [9.17, 15) is 9.90 Å². The van der Waals surface area contributed by atoms with E-state index in [0.717, 1.165) is 6.42 Å². The summed E-state index contributed by atoms with van der Waals surface area (Å²) in [6, 6.07) is 7.82. The molecule has 0 unspecified atom stereocenters. The van der Waals surface area contributed by atoms with Gasteiger partial charge in [0.25, 0.3) is 5.91 Å². The number of aromatic nitrogens is 4. The van der Waals surface area contributed by atoms with Crippen LogP contribution >= 0.6 is 0 Å². The number of H-pyrrole nitrogens is 1. The zero-order chi connectivity index (χ0) is 17.2. The van der Waals surface area contributed by atoms with Crippen LogP contribution in [0.25, 0.3) is 0 Å². The van der Waals surface area contributed by atoms with Gasteiger partial charge in [0.05, 0.1) is 0 Å². The van der Waals surface area contributed by atoms with Gasteiger partial charge < -0.3 is 10.0 Å². The molecule has 1 aromatic carbocycles. The van der Waals surface area contributed by atoms with E-state index in [4.69, 9.17) is 0 Å². The third-order valence-corrected chi connectivity index (χ3v) is 4.48. The number of rotatable bonds is 4. The molecule has 2 aromatic rings. The van der Waals surface area contributed by atoms with Crippen LogP contribution in [0.3, 0.4) is 0 Å². The Bertz CT molecular complexity index is 674. The van der Waals surface area contributed by atoms with E-state index >= 15 is 0 Å². The van der Waals surface area contributed by atoms with Crippen molar-refractivity contribution in [3.63, 3.8) is 0 Å². The largest absolute Gasteiger partial charge is 0.382 e. The van der Waals surface area contributed by atoms with E-state index in [1.807, 2.05) is 24.3 Å². The van der Waals surface area contributed by atoms with Gasteiger partial charge in [-0.2, -0.15) is 5.21 Å². The number of likely N-dealkylation sites (tertiary alicyclic amines) is 1. The molecule has 24 heavy (non-hydrogen) atoms. The number of aromatic amines is 1. The van der Waals surface area contributed by atoms with Gasteiger partial charge >= 0.3 is 0 Å². The highest BCUT2D eigenvalue weighted by Gasteiger charge is 2.38. The van der Waals surface area contributed by atoms with Gasteiger partial charge in [-0.25, -0.2) is 0 Å². The summed E-state index contributed by atoms with van der Waals surface area (Å²) in [5.41, 5.74) is 0.824. The molecule has 3 rings (SSSR count). The van der Waals surface area contributed by atoms with Gasteiger partial charge in [-0.05, 0) is 30.0 Å². The minimum absolute atomic E-state index is 0.00117. The zero-order valence-electron chi connectivity index (χ0n) is 14.1. The van der Waals surface area contributed by atoms with Gasteiger partial charge in [0, 0.05) is 31.5 Å². The van der Waals surface area contributed by atoms with E-state index in [1.54, 1.807) is 4.90 Å². The average Bonchev–Trinajstić information content (AvgIpc) is 3.10. The number of nitrogens with zero attached hydrogens (tertiary/aromatic N) is 4. The highest BCUT2D eigenvalue weighted by Crippen LogP contribution is 2.30. The van der Waals surface area contributed by atoms with Crippen molar-refractivity contribution >= 4 is 5.91 Å².